The van der Waals surface area contributed by atoms with Gasteiger partial charge in [-0.2, -0.15) is 8.42 Å². The van der Waals surface area contributed by atoms with Gasteiger partial charge in [-0.15, -0.1) is 0 Å². The third-order valence-electron chi connectivity index (χ3n) is 3.51. The number of carbonyl (C=O) groups is 1. The highest BCUT2D eigenvalue weighted by atomic mass is 32.2. The number of carbonyl (C=O) groups excluding carboxylic acids is 1. The highest BCUT2D eigenvalue weighted by molar-refractivity contribution is 7.86. The van der Waals surface area contributed by atoms with Gasteiger partial charge in [0.25, 0.3) is 0 Å². The molecule has 0 bridgehead atoms. The predicted octanol–water partition coefficient (Wildman–Crippen LogP) is 2.28. The number of hydrogen-bond acceptors (Lipinski definition) is 6. The largest absolute Gasteiger partial charge is 0.460 e. The molecule has 0 aliphatic carbocycles. The molecule has 1 aliphatic rings. The first kappa shape index (κ1) is 17.9. The molecule has 0 radical (unpaired) electrons. The second kappa shape index (κ2) is 6.75. The molecule has 1 atom stereocenters. The van der Waals surface area contributed by atoms with Crippen LogP contribution in [0.3, 0.4) is 0 Å². The Morgan fingerprint density at radius 3 is 2.31 bits per heavy atom. The van der Waals surface area contributed by atoms with Crippen LogP contribution in [0, 0.1) is 11.6 Å². The number of nitrogens with two attached hydrogens (primary N) is 1. The monoisotopic (exact) mass is 381 g/mol. The Hall–Kier alpha value is -2.94. The quantitative estimate of drug-likeness (QED) is 0.799. The molecule has 1 aliphatic heterocycles. The fourth-order valence-corrected chi connectivity index (χ4v) is 3.52. The van der Waals surface area contributed by atoms with E-state index in [0.29, 0.717) is 11.6 Å². The first-order valence-corrected chi connectivity index (χ1v) is 8.95. The van der Waals surface area contributed by atoms with E-state index in [0.717, 1.165) is 12.1 Å². The van der Waals surface area contributed by atoms with E-state index in [-0.39, 0.29) is 5.56 Å². The molecule has 0 aromatic heterocycles. The summed E-state index contributed by atoms with van der Waals surface area (Å²) in [6.45, 7) is 0. The SMILES string of the molecule is NC1=C(OS(=O)(=O)Cc2ccccc2)C(=O)C(c2cc(F)cc(F)c2)O1. The van der Waals surface area contributed by atoms with Crippen molar-refractivity contribution in [1.29, 1.82) is 0 Å². The summed E-state index contributed by atoms with van der Waals surface area (Å²) in [4.78, 5) is 12.4. The number of halogens is 2. The highest BCUT2D eigenvalue weighted by Crippen LogP contribution is 2.33. The molecule has 2 aromatic carbocycles. The van der Waals surface area contributed by atoms with Gasteiger partial charge < -0.3 is 14.7 Å². The van der Waals surface area contributed by atoms with Crippen LogP contribution in [0.2, 0.25) is 0 Å². The summed E-state index contributed by atoms with van der Waals surface area (Å²) in [5, 5.41) is 0. The van der Waals surface area contributed by atoms with Gasteiger partial charge in [-0.1, -0.05) is 30.3 Å². The smallest absolute Gasteiger partial charge is 0.313 e. The van der Waals surface area contributed by atoms with Gasteiger partial charge in [0.05, 0.1) is 0 Å². The normalized spacial score (nSPS) is 17.3. The Labute approximate surface area is 148 Å². The van der Waals surface area contributed by atoms with E-state index in [1.807, 2.05) is 0 Å². The van der Waals surface area contributed by atoms with Crippen molar-refractivity contribution in [2.45, 2.75) is 11.9 Å². The zero-order chi connectivity index (χ0) is 18.9. The van der Waals surface area contributed by atoms with Gasteiger partial charge in [-0.3, -0.25) is 4.79 Å². The predicted molar refractivity (Wildman–Crippen MR) is 86.6 cm³/mol. The second-order valence-corrected chi connectivity index (χ2v) is 7.10. The molecule has 136 valence electrons. The van der Waals surface area contributed by atoms with E-state index in [1.165, 1.54) is 0 Å². The number of Topliss-reactive ketones (excluding diaryl/α,β-unsaturated/α-hetero) is 1. The molecular weight excluding hydrogens is 368 g/mol. The molecule has 2 N–H and O–H groups in total. The summed E-state index contributed by atoms with van der Waals surface area (Å²) in [7, 11) is -4.19. The Bertz CT molecular complexity index is 969. The summed E-state index contributed by atoms with van der Waals surface area (Å²) < 4.78 is 60.9. The number of ketones is 1. The maximum absolute atomic E-state index is 13.3. The first-order chi connectivity index (χ1) is 12.2. The zero-order valence-corrected chi connectivity index (χ0v) is 14.0. The molecule has 0 fully saturated rings. The molecule has 2 aromatic rings. The number of hydrogen-bond donors (Lipinski definition) is 1. The summed E-state index contributed by atoms with van der Waals surface area (Å²) in [6, 6.07) is 10.6. The van der Waals surface area contributed by atoms with Crippen LogP contribution in [0.5, 0.6) is 0 Å². The van der Waals surface area contributed by atoms with Crippen LogP contribution in [0.25, 0.3) is 0 Å². The lowest BCUT2D eigenvalue weighted by Gasteiger charge is -2.10. The zero-order valence-electron chi connectivity index (χ0n) is 13.2. The Morgan fingerprint density at radius 1 is 1.08 bits per heavy atom. The van der Waals surface area contributed by atoms with Crippen molar-refractivity contribution < 1.29 is 30.9 Å². The van der Waals surface area contributed by atoms with Gasteiger partial charge in [0.2, 0.25) is 17.4 Å². The van der Waals surface area contributed by atoms with E-state index in [2.05, 4.69) is 0 Å². The minimum Gasteiger partial charge on any atom is -0.460 e. The lowest BCUT2D eigenvalue weighted by Crippen LogP contribution is -2.16. The average molecular weight is 381 g/mol. The minimum absolute atomic E-state index is 0.144. The molecule has 0 saturated carbocycles. The topological polar surface area (TPSA) is 95.7 Å². The lowest BCUT2D eigenvalue weighted by atomic mass is 10.1. The van der Waals surface area contributed by atoms with Crippen molar-refractivity contribution in [1.82, 2.24) is 0 Å². The first-order valence-electron chi connectivity index (χ1n) is 7.38. The standard InChI is InChI=1S/C17H13F2NO5S/c18-12-6-11(7-13(19)8-12)15-14(21)16(17(20)24-15)25-26(22,23)9-10-4-2-1-3-5-10/h1-8,15H,9,20H2. The van der Waals surface area contributed by atoms with Gasteiger partial charge >= 0.3 is 10.1 Å². The third kappa shape index (κ3) is 3.83. The summed E-state index contributed by atoms with van der Waals surface area (Å²) in [5.74, 6) is -4.54. The summed E-state index contributed by atoms with van der Waals surface area (Å²) >= 11 is 0. The molecular formula is C17H13F2NO5S. The maximum atomic E-state index is 13.3. The van der Waals surface area contributed by atoms with Crippen LogP contribution in [-0.4, -0.2) is 14.2 Å². The van der Waals surface area contributed by atoms with Crippen LogP contribution in [0.4, 0.5) is 8.78 Å². The van der Waals surface area contributed by atoms with Crippen molar-refractivity contribution in [2.24, 2.45) is 5.73 Å². The number of ether oxygens (including phenoxy) is 1. The van der Waals surface area contributed by atoms with Crippen LogP contribution in [-0.2, 0) is 29.6 Å². The molecule has 26 heavy (non-hydrogen) atoms. The van der Waals surface area contributed by atoms with E-state index in [1.54, 1.807) is 30.3 Å². The van der Waals surface area contributed by atoms with Crippen LogP contribution < -0.4 is 5.73 Å². The van der Waals surface area contributed by atoms with Gasteiger partial charge in [-0.05, 0) is 17.7 Å². The molecule has 1 heterocycles. The van der Waals surface area contributed by atoms with Crippen LogP contribution >= 0.6 is 0 Å². The number of benzene rings is 2. The second-order valence-electron chi connectivity index (χ2n) is 5.53. The summed E-state index contributed by atoms with van der Waals surface area (Å²) in [5.41, 5.74) is 5.84. The fourth-order valence-electron chi connectivity index (χ4n) is 2.44. The molecule has 3 rings (SSSR count). The Kier molecular flexibility index (Phi) is 4.64. The van der Waals surface area contributed by atoms with Crippen LogP contribution in [0.1, 0.15) is 17.2 Å². The average Bonchev–Trinajstić information content (AvgIpc) is 2.82. The minimum atomic E-state index is -4.19. The van der Waals surface area contributed by atoms with Gasteiger partial charge in [0, 0.05) is 11.6 Å². The lowest BCUT2D eigenvalue weighted by molar-refractivity contribution is -0.123. The molecule has 0 spiro atoms. The van der Waals surface area contributed by atoms with Gasteiger partial charge in [0.1, 0.15) is 17.4 Å². The molecule has 0 saturated heterocycles. The van der Waals surface area contributed by atoms with E-state index < -0.39 is 51.0 Å². The van der Waals surface area contributed by atoms with Gasteiger partial charge in [-0.25, -0.2) is 8.78 Å². The highest BCUT2D eigenvalue weighted by Gasteiger charge is 2.39. The van der Waals surface area contributed by atoms with Crippen molar-refractivity contribution >= 4 is 15.9 Å². The van der Waals surface area contributed by atoms with Crippen molar-refractivity contribution in [3.63, 3.8) is 0 Å². The maximum Gasteiger partial charge on any atom is 0.313 e. The van der Waals surface area contributed by atoms with Gasteiger partial charge in [0.15, 0.2) is 6.10 Å². The Morgan fingerprint density at radius 2 is 1.69 bits per heavy atom. The fraction of sp³-hybridized carbons (Fsp3) is 0.118. The van der Waals surface area contributed by atoms with E-state index in [4.69, 9.17) is 14.7 Å². The van der Waals surface area contributed by atoms with Crippen molar-refractivity contribution in [2.75, 3.05) is 0 Å². The molecule has 9 heteroatoms. The molecule has 0 amide bonds. The molecule has 6 nitrogen and oxygen atoms in total. The van der Waals surface area contributed by atoms with Crippen molar-refractivity contribution in [3.05, 3.63) is 82.9 Å². The third-order valence-corrected chi connectivity index (χ3v) is 4.62. The van der Waals surface area contributed by atoms with E-state index >= 15 is 0 Å². The summed E-state index contributed by atoms with van der Waals surface area (Å²) in [6.07, 6.45) is -1.48. The van der Waals surface area contributed by atoms with Crippen molar-refractivity contribution in [3.8, 4) is 0 Å². The van der Waals surface area contributed by atoms with E-state index in [9.17, 15) is 22.0 Å². The van der Waals surface area contributed by atoms with Crippen LogP contribution in [0.15, 0.2) is 60.2 Å². The molecule has 1 unspecified atom stereocenters. The Balaban J connectivity index is 1.80. The number of rotatable bonds is 5.